The van der Waals surface area contributed by atoms with Crippen LogP contribution in [-0.2, 0) is 9.53 Å². The molecule has 0 bridgehead atoms. The molecule has 1 aliphatic heterocycles. The maximum atomic E-state index is 12.0. The second-order valence-corrected chi connectivity index (χ2v) is 7.05. The highest BCUT2D eigenvalue weighted by Gasteiger charge is 2.14. The number of nitrogens with one attached hydrogen (secondary N) is 1. The summed E-state index contributed by atoms with van der Waals surface area (Å²) in [6.45, 7) is 4.04. The molecule has 6 nitrogen and oxygen atoms in total. The predicted molar refractivity (Wildman–Crippen MR) is 109 cm³/mol. The first kappa shape index (κ1) is 20.6. The Bertz CT molecular complexity index is 763. The summed E-state index contributed by atoms with van der Waals surface area (Å²) in [6, 6.07) is 14.2. The second-order valence-electron chi connectivity index (χ2n) is 6.65. The number of anilines is 1. The molecule has 2 aromatic carbocycles. The Kier molecular flexibility index (Phi) is 7.68. The highest BCUT2D eigenvalue weighted by atomic mass is 35.5. The van der Waals surface area contributed by atoms with Gasteiger partial charge < -0.3 is 19.9 Å². The standard InChI is InChI=1S/C21H25ClN2O4/c22-18-3-1-2-4-20(18)28-15-21(26)23-17-7-5-16(6-8-17)19(25)9-10-24-11-13-27-14-12-24/h1-8,19,25H,9-15H2,(H,23,26). The molecule has 0 aliphatic carbocycles. The zero-order chi connectivity index (χ0) is 19.8. The summed E-state index contributed by atoms with van der Waals surface area (Å²) in [5.74, 6) is 0.193. The number of carbonyl (C=O) groups excluding carboxylic acids is 1. The average molecular weight is 405 g/mol. The number of para-hydroxylation sites is 1. The van der Waals surface area contributed by atoms with Crippen LogP contribution in [0.3, 0.4) is 0 Å². The van der Waals surface area contributed by atoms with Crippen LogP contribution in [0.4, 0.5) is 5.69 Å². The number of rotatable bonds is 8. The van der Waals surface area contributed by atoms with Crippen molar-refractivity contribution in [3.63, 3.8) is 0 Å². The lowest BCUT2D eigenvalue weighted by molar-refractivity contribution is -0.118. The molecule has 1 heterocycles. The van der Waals surface area contributed by atoms with Crippen molar-refractivity contribution < 1.29 is 19.4 Å². The number of ether oxygens (including phenoxy) is 2. The largest absolute Gasteiger partial charge is 0.482 e. The van der Waals surface area contributed by atoms with Crippen molar-refractivity contribution >= 4 is 23.2 Å². The van der Waals surface area contributed by atoms with E-state index in [2.05, 4.69) is 10.2 Å². The van der Waals surface area contributed by atoms with Gasteiger partial charge in [0.1, 0.15) is 5.75 Å². The van der Waals surface area contributed by atoms with Crippen LogP contribution in [-0.4, -0.2) is 55.4 Å². The molecule has 0 aromatic heterocycles. The number of carbonyl (C=O) groups is 1. The summed E-state index contributed by atoms with van der Waals surface area (Å²) in [5, 5.41) is 13.6. The number of halogens is 1. The fourth-order valence-electron chi connectivity index (χ4n) is 2.99. The molecule has 28 heavy (non-hydrogen) atoms. The number of hydrogen-bond acceptors (Lipinski definition) is 5. The van der Waals surface area contributed by atoms with Gasteiger partial charge in [0.15, 0.2) is 6.61 Å². The van der Waals surface area contributed by atoms with Gasteiger partial charge in [-0.1, -0.05) is 35.9 Å². The Morgan fingerprint density at radius 3 is 2.61 bits per heavy atom. The third-order valence-electron chi connectivity index (χ3n) is 4.60. The number of nitrogens with zero attached hydrogens (tertiary/aromatic N) is 1. The Morgan fingerprint density at radius 1 is 1.18 bits per heavy atom. The molecule has 0 saturated carbocycles. The average Bonchev–Trinajstić information content (AvgIpc) is 2.73. The highest BCUT2D eigenvalue weighted by Crippen LogP contribution is 2.23. The second kappa shape index (κ2) is 10.4. The van der Waals surface area contributed by atoms with E-state index in [1.54, 1.807) is 36.4 Å². The monoisotopic (exact) mass is 404 g/mol. The molecule has 1 saturated heterocycles. The van der Waals surface area contributed by atoms with Gasteiger partial charge in [-0.2, -0.15) is 0 Å². The van der Waals surface area contributed by atoms with E-state index < -0.39 is 6.10 Å². The van der Waals surface area contributed by atoms with Gasteiger partial charge in [-0.3, -0.25) is 9.69 Å². The lowest BCUT2D eigenvalue weighted by atomic mass is 10.1. The van der Waals surface area contributed by atoms with Crippen molar-refractivity contribution in [2.75, 3.05) is 44.8 Å². The highest BCUT2D eigenvalue weighted by molar-refractivity contribution is 6.32. The Hall–Kier alpha value is -2.12. The van der Waals surface area contributed by atoms with E-state index in [0.717, 1.165) is 38.4 Å². The fraction of sp³-hybridized carbons (Fsp3) is 0.381. The van der Waals surface area contributed by atoms with Crippen molar-refractivity contribution in [3.8, 4) is 5.75 Å². The Labute approximate surface area is 170 Å². The predicted octanol–water partition coefficient (Wildman–Crippen LogP) is 3.11. The van der Waals surface area contributed by atoms with E-state index in [1.807, 2.05) is 12.1 Å². The Morgan fingerprint density at radius 2 is 1.89 bits per heavy atom. The summed E-state index contributed by atoms with van der Waals surface area (Å²) in [6.07, 6.45) is 0.133. The van der Waals surface area contributed by atoms with Crippen molar-refractivity contribution in [2.24, 2.45) is 0 Å². The number of morpholine rings is 1. The summed E-state index contributed by atoms with van der Waals surface area (Å²) < 4.78 is 10.8. The van der Waals surface area contributed by atoms with Crippen molar-refractivity contribution in [1.29, 1.82) is 0 Å². The minimum absolute atomic E-state index is 0.131. The number of hydrogen-bond donors (Lipinski definition) is 2. The van der Waals surface area contributed by atoms with E-state index in [4.69, 9.17) is 21.1 Å². The lowest BCUT2D eigenvalue weighted by Gasteiger charge is -2.27. The molecule has 2 aromatic rings. The van der Waals surface area contributed by atoms with Gasteiger partial charge in [0.2, 0.25) is 0 Å². The molecule has 0 spiro atoms. The summed E-state index contributed by atoms with van der Waals surface area (Å²) in [7, 11) is 0. The van der Waals surface area contributed by atoms with Crippen LogP contribution >= 0.6 is 11.6 Å². The van der Waals surface area contributed by atoms with Crippen LogP contribution in [0.25, 0.3) is 0 Å². The van der Waals surface area contributed by atoms with Gasteiger partial charge in [-0.05, 0) is 36.2 Å². The SMILES string of the molecule is O=C(COc1ccccc1Cl)Nc1ccc(C(O)CCN2CCOCC2)cc1. The Balaban J connectivity index is 1.44. The minimum Gasteiger partial charge on any atom is -0.482 e. The molecular weight excluding hydrogens is 380 g/mol. The molecule has 1 aliphatic rings. The van der Waals surface area contributed by atoms with E-state index >= 15 is 0 Å². The molecule has 1 fully saturated rings. The number of aliphatic hydroxyl groups is 1. The van der Waals surface area contributed by atoms with Crippen LogP contribution in [0.15, 0.2) is 48.5 Å². The zero-order valence-electron chi connectivity index (χ0n) is 15.6. The zero-order valence-corrected chi connectivity index (χ0v) is 16.4. The number of amides is 1. The van der Waals surface area contributed by atoms with Crippen molar-refractivity contribution in [1.82, 2.24) is 4.90 Å². The van der Waals surface area contributed by atoms with Gasteiger partial charge in [0.05, 0.1) is 24.3 Å². The summed E-state index contributed by atoms with van der Waals surface area (Å²) in [5.41, 5.74) is 1.48. The minimum atomic E-state index is -0.531. The van der Waals surface area contributed by atoms with Crippen LogP contribution < -0.4 is 10.1 Å². The molecular formula is C21H25ClN2O4. The van der Waals surface area contributed by atoms with Crippen LogP contribution in [0, 0.1) is 0 Å². The summed E-state index contributed by atoms with van der Waals surface area (Å²) in [4.78, 5) is 14.3. The quantitative estimate of drug-likeness (QED) is 0.707. The van der Waals surface area contributed by atoms with E-state index in [9.17, 15) is 9.90 Å². The fourth-order valence-corrected chi connectivity index (χ4v) is 3.18. The molecule has 1 amide bonds. The van der Waals surface area contributed by atoms with Gasteiger partial charge in [-0.15, -0.1) is 0 Å². The lowest BCUT2D eigenvalue weighted by Crippen LogP contribution is -2.37. The molecule has 2 N–H and O–H groups in total. The first-order valence-corrected chi connectivity index (χ1v) is 9.75. The molecule has 7 heteroatoms. The van der Waals surface area contributed by atoms with E-state index in [1.165, 1.54) is 0 Å². The molecule has 150 valence electrons. The first-order chi connectivity index (χ1) is 13.6. The van der Waals surface area contributed by atoms with Crippen LogP contribution in [0.1, 0.15) is 18.1 Å². The van der Waals surface area contributed by atoms with E-state index in [-0.39, 0.29) is 12.5 Å². The van der Waals surface area contributed by atoms with Crippen LogP contribution in [0.2, 0.25) is 5.02 Å². The van der Waals surface area contributed by atoms with Gasteiger partial charge in [0, 0.05) is 25.3 Å². The molecule has 1 atom stereocenters. The maximum absolute atomic E-state index is 12.0. The van der Waals surface area contributed by atoms with Crippen molar-refractivity contribution in [2.45, 2.75) is 12.5 Å². The van der Waals surface area contributed by atoms with Gasteiger partial charge >= 0.3 is 0 Å². The maximum Gasteiger partial charge on any atom is 0.262 e. The van der Waals surface area contributed by atoms with Gasteiger partial charge in [-0.25, -0.2) is 0 Å². The number of benzene rings is 2. The summed E-state index contributed by atoms with van der Waals surface area (Å²) >= 11 is 6.00. The van der Waals surface area contributed by atoms with Gasteiger partial charge in [0.25, 0.3) is 5.91 Å². The first-order valence-electron chi connectivity index (χ1n) is 9.37. The van der Waals surface area contributed by atoms with Crippen molar-refractivity contribution in [3.05, 3.63) is 59.1 Å². The smallest absolute Gasteiger partial charge is 0.262 e. The molecule has 3 rings (SSSR count). The third-order valence-corrected chi connectivity index (χ3v) is 4.91. The third kappa shape index (κ3) is 6.21. The molecule has 1 unspecified atom stereocenters. The van der Waals surface area contributed by atoms with E-state index in [0.29, 0.717) is 22.9 Å². The topological polar surface area (TPSA) is 71.0 Å². The normalized spacial score (nSPS) is 15.8. The van der Waals surface area contributed by atoms with Crippen LogP contribution in [0.5, 0.6) is 5.75 Å². The number of aliphatic hydroxyl groups excluding tert-OH is 1. The molecule has 0 radical (unpaired) electrons.